The molecule has 6 nitrogen and oxygen atoms in total. The molecule has 1 amide bonds. The van der Waals surface area contributed by atoms with Crippen LogP contribution >= 0.6 is 0 Å². The Morgan fingerprint density at radius 2 is 1.69 bits per heavy atom. The van der Waals surface area contributed by atoms with Gasteiger partial charge < -0.3 is 9.80 Å². The fraction of sp³-hybridized carbons (Fsp3) is 0.348. The van der Waals surface area contributed by atoms with Gasteiger partial charge in [0, 0.05) is 44.3 Å². The molecular weight excluding hydrogens is 364 g/mol. The fourth-order valence-corrected chi connectivity index (χ4v) is 4.03. The monoisotopic (exact) mass is 390 g/mol. The smallest absolute Gasteiger partial charge is 0.274 e. The number of fused-ring (bicyclic) bond motifs is 1. The van der Waals surface area contributed by atoms with E-state index >= 15 is 0 Å². The number of rotatable bonds is 5. The second-order valence-electron chi connectivity index (χ2n) is 7.50. The first-order valence-corrected chi connectivity index (χ1v) is 10.2. The lowest BCUT2D eigenvalue weighted by molar-refractivity contribution is 0.0779. The average molecular weight is 390 g/mol. The van der Waals surface area contributed by atoms with Crippen molar-refractivity contribution in [2.24, 2.45) is 0 Å². The lowest BCUT2D eigenvalue weighted by atomic mass is 10.1. The second-order valence-corrected chi connectivity index (χ2v) is 7.50. The molecule has 0 radical (unpaired) electrons. The van der Waals surface area contributed by atoms with E-state index < -0.39 is 0 Å². The van der Waals surface area contributed by atoms with Crippen LogP contribution in [0.1, 0.15) is 35.8 Å². The molecule has 0 N–H and O–H groups in total. The van der Waals surface area contributed by atoms with Gasteiger partial charge in [0.2, 0.25) is 0 Å². The zero-order valence-corrected chi connectivity index (χ0v) is 17.0. The molecule has 1 aliphatic heterocycles. The number of aromatic nitrogens is 2. The number of nitrogens with zero attached hydrogens (tertiary/aromatic N) is 4. The highest BCUT2D eigenvalue weighted by Crippen LogP contribution is 2.26. The number of hydrogen-bond acceptors (Lipinski definition) is 4. The number of carbonyl (C=O) groups excluding carboxylic acids is 1. The Morgan fingerprint density at radius 3 is 2.41 bits per heavy atom. The molecule has 0 aliphatic carbocycles. The summed E-state index contributed by atoms with van der Waals surface area (Å²) in [6.07, 6.45) is 2.41. The van der Waals surface area contributed by atoms with Crippen LogP contribution in [0.25, 0.3) is 10.8 Å². The van der Waals surface area contributed by atoms with Gasteiger partial charge in [0.15, 0.2) is 5.69 Å². The predicted molar refractivity (Wildman–Crippen MR) is 115 cm³/mol. The zero-order chi connectivity index (χ0) is 20.4. The Morgan fingerprint density at radius 1 is 1.03 bits per heavy atom. The van der Waals surface area contributed by atoms with Gasteiger partial charge in [-0.05, 0) is 37.5 Å². The summed E-state index contributed by atoms with van der Waals surface area (Å²) in [5.41, 5.74) is 2.48. The van der Waals surface area contributed by atoms with Crippen molar-refractivity contribution in [1.82, 2.24) is 14.7 Å². The Bertz CT molecular complexity index is 1100. The quantitative estimate of drug-likeness (QED) is 0.671. The summed E-state index contributed by atoms with van der Waals surface area (Å²) in [5, 5.41) is 5.51. The fourth-order valence-electron chi connectivity index (χ4n) is 4.03. The number of benzene rings is 2. The molecule has 0 bridgehead atoms. The minimum absolute atomic E-state index is 0.165. The third-order valence-corrected chi connectivity index (χ3v) is 5.56. The summed E-state index contributed by atoms with van der Waals surface area (Å²) in [6.45, 7) is 4.89. The van der Waals surface area contributed by atoms with Gasteiger partial charge in [-0.15, -0.1) is 0 Å². The van der Waals surface area contributed by atoms with E-state index in [9.17, 15) is 9.59 Å². The van der Waals surface area contributed by atoms with E-state index in [1.807, 2.05) is 31.2 Å². The molecule has 0 unspecified atom stereocenters. The Balaban J connectivity index is 1.68. The first-order chi connectivity index (χ1) is 14.1. The molecule has 0 spiro atoms. The summed E-state index contributed by atoms with van der Waals surface area (Å²) in [4.78, 5) is 29.9. The number of anilines is 1. The van der Waals surface area contributed by atoms with Crippen LogP contribution in [-0.2, 0) is 13.1 Å². The van der Waals surface area contributed by atoms with Crippen LogP contribution in [0, 0.1) is 0 Å². The molecule has 0 saturated carbocycles. The van der Waals surface area contributed by atoms with Crippen LogP contribution < -0.4 is 10.5 Å². The van der Waals surface area contributed by atoms with Crippen molar-refractivity contribution in [3.05, 3.63) is 70.1 Å². The van der Waals surface area contributed by atoms with Crippen molar-refractivity contribution in [3.63, 3.8) is 0 Å². The van der Waals surface area contributed by atoms with Crippen molar-refractivity contribution in [1.29, 1.82) is 0 Å². The predicted octanol–water partition coefficient (Wildman–Crippen LogP) is 3.29. The van der Waals surface area contributed by atoms with Gasteiger partial charge in [-0.3, -0.25) is 9.59 Å². The largest absolute Gasteiger partial charge is 0.371 e. The highest BCUT2D eigenvalue weighted by atomic mass is 16.2. The maximum Gasteiger partial charge on any atom is 0.274 e. The molecule has 2 heterocycles. The average Bonchev–Trinajstić information content (AvgIpc) is 3.29. The molecule has 3 aromatic rings. The molecule has 4 rings (SSSR count). The molecule has 150 valence electrons. The van der Waals surface area contributed by atoms with Crippen molar-refractivity contribution in [3.8, 4) is 0 Å². The Hall–Kier alpha value is -3.15. The molecule has 1 aromatic heterocycles. The molecular formula is C23H26N4O2. The van der Waals surface area contributed by atoms with E-state index in [1.165, 1.54) is 23.2 Å². The Labute approximate surface area is 170 Å². The molecule has 29 heavy (non-hydrogen) atoms. The van der Waals surface area contributed by atoms with Crippen LogP contribution in [0.2, 0.25) is 0 Å². The number of amides is 1. The summed E-state index contributed by atoms with van der Waals surface area (Å²) in [6, 6.07) is 15.5. The summed E-state index contributed by atoms with van der Waals surface area (Å²) >= 11 is 0. The van der Waals surface area contributed by atoms with Gasteiger partial charge in [-0.2, -0.15) is 5.10 Å². The summed E-state index contributed by atoms with van der Waals surface area (Å²) in [5.74, 6) is -0.181. The first kappa shape index (κ1) is 19.2. The lowest BCUT2D eigenvalue weighted by Crippen LogP contribution is -2.32. The Kier molecular flexibility index (Phi) is 5.34. The second kappa shape index (κ2) is 8.07. The van der Waals surface area contributed by atoms with Gasteiger partial charge >= 0.3 is 0 Å². The van der Waals surface area contributed by atoms with Gasteiger partial charge in [0.05, 0.1) is 5.39 Å². The zero-order valence-electron chi connectivity index (χ0n) is 17.0. The first-order valence-electron chi connectivity index (χ1n) is 10.2. The standard InChI is InChI=1S/C23H26N4O2/c1-3-27-22(28)19-12-6-5-11-18(19)21(24-27)23(29)25(2)16-17-10-4-7-13-20(17)26-14-8-9-15-26/h4-7,10-13H,3,8-9,14-16H2,1-2H3. The van der Waals surface area contributed by atoms with Crippen LogP contribution in [-0.4, -0.2) is 40.7 Å². The molecule has 1 aliphatic rings. The van der Waals surface area contributed by atoms with E-state index in [1.54, 1.807) is 24.1 Å². The van der Waals surface area contributed by atoms with E-state index in [-0.39, 0.29) is 11.5 Å². The number of carbonyl (C=O) groups is 1. The molecule has 0 atom stereocenters. The molecule has 1 fully saturated rings. The van der Waals surface area contributed by atoms with E-state index in [0.717, 1.165) is 18.7 Å². The van der Waals surface area contributed by atoms with Crippen LogP contribution in [0.4, 0.5) is 5.69 Å². The number of aryl methyl sites for hydroxylation is 1. The van der Waals surface area contributed by atoms with Gasteiger partial charge in [0.1, 0.15) is 0 Å². The van der Waals surface area contributed by atoms with Gasteiger partial charge in [-0.1, -0.05) is 36.4 Å². The number of hydrogen-bond donors (Lipinski definition) is 0. The van der Waals surface area contributed by atoms with Crippen LogP contribution in [0.5, 0.6) is 0 Å². The van der Waals surface area contributed by atoms with Crippen LogP contribution in [0.15, 0.2) is 53.3 Å². The van der Waals surface area contributed by atoms with E-state index in [4.69, 9.17) is 0 Å². The molecule has 2 aromatic carbocycles. The highest BCUT2D eigenvalue weighted by Gasteiger charge is 2.22. The van der Waals surface area contributed by atoms with E-state index in [0.29, 0.717) is 29.6 Å². The topological polar surface area (TPSA) is 58.4 Å². The SMILES string of the molecule is CCn1nc(C(=O)N(C)Cc2ccccc2N2CCCC2)c2ccccc2c1=O. The van der Waals surface area contributed by atoms with Crippen molar-refractivity contribution in [2.45, 2.75) is 32.9 Å². The highest BCUT2D eigenvalue weighted by molar-refractivity contribution is 6.04. The third kappa shape index (κ3) is 3.62. The van der Waals surface area contributed by atoms with Gasteiger partial charge in [-0.25, -0.2) is 4.68 Å². The minimum Gasteiger partial charge on any atom is -0.371 e. The van der Waals surface area contributed by atoms with Crippen LogP contribution in [0.3, 0.4) is 0 Å². The lowest BCUT2D eigenvalue weighted by Gasteiger charge is -2.24. The molecule has 1 saturated heterocycles. The molecule has 6 heteroatoms. The van der Waals surface area contributed by atoms with Gasteiger partial charge in [0.25, 0.3) is 11.5 Å². The van der Waals surface area contributed by atoms with Crippen molar-refractivity contribution < 1.29 is 4.79 Å². The van der Waals surface area contributed by atoms with E-state index in [2.05, 4.69) is 22.1 Å². The maximum absolute atomic E-state index is 13.3. The van der Waals surface area contributed by atoms with Crippen molar-refractivity contribution in [2.75, 3.05) is 25.0 Å². The third-order valence-electron chi connectivity index (χ3n) is 5.56. The maximum atomic E-state index is 13.3. The van der Waals surface area contributed by atoms with Crippen molar-refractivity contribution >= 4 is 22.4 Å². The minimum atomic E-state index is -0.181. The normalized spacial score (nSPS) is 13.8. The number of para-hydroxylation sites is 1. The summed E-state index contributed by atoms with van der Waals surface area (Å²) in [7, 11) is 1.79. The summed E-state index contributed by atoms with van der Waals surface area (Å²) < 4.78 is 1.36.